The van der Waals surface area contributed by atoms with Gasteiger partial charge in [-0.2, -0.15) is 0 Å². The van der Waals surface area contributed by atoms with E-state index in [2.05, 4.69) is 17.0 Å². The SMILES string of the molecule is O=C(O)CC1CS(=O)(=O)CCN1C1Cc2ccccc2C1. The van der Waals surface area contributed by atoms with Crippen molar-refractivity contribution in [3.8, 4) is 0 Å². The Morgan fingerprint density at radius 3 is 2.43 bits per heavy atom. The number of hydrogen-bond donors (Lipinski definition) is 1. The predicted octanol–water partition coefficient (Wildman–Crippen LogP) is 0.728. The van der Waals surface area contributed by atoms with Crippen molar-refractivity contribution in [3.05, 3.63) is 35.4 Å². The third-order valence-corrected chi connectivity index (χ3v) is 6.18. The lowest BCUT2D eigenvalue weighted by atomic mass is 10.1. The van der Waals surface area contributed by atoms with E-state index in [4.69, 9.17) is 5.11 Å². The van der Waals surface area contributed by atoms with Crippen molar-refractivity contribution in [1.29, 1.82) is 0 Å². The first-order chi connectivity index (χ1) is 9.94. The molecule has 0 amide bonds. The second-order valence-electron chi connectivity index (χ2n) is 5.93. The molecule has 1 unspecified atom stereocenters. The topological polar surface area (TPSA) is 74.7 Å². The molecule has 0 saturated carbocycles. The summed E-state index contributed by atoms with van der Waals surface area (Å²) in [5.74, 6) is -0.833. The predicted molar refractivity (Wildman–Crippen MR) is 79.0 cm³/mol. The van der Waals surface area contributed by atoms with Gasteiger partial charge in [0.05, 0.1) is 17.9 Å². The van der Waals surface area contributed by atoms with E-state index in [-0.39, 0.29) is 24.0 Å². The fourth-order valence-electron chi connectivity index (χ4n) is 3.53. The molecule has 1 aliphatic heterocycles. The smallest absolute Gasteiger partial charge is 0.304 e. The number of rotatable bonds is 3. The fourth-order valence-corrected chi connectivity index (χ4v) is 5.08. The summed E-state index contributed by atoms with van der Waals surface area (Å²) in [4.78, 5) is 13.1. The average molecular weight is 309 g/mol. The Morgan fingerprint density at radius 1 is 1.24 bits per heavy atom. The molecule has 6 heteroatoms. The van der Waals surface area contributed by atoms with Crippen molar-refractivity contribution in [2.45, 2.75) is 31.3 Å². The average Bonchev–Trinajstić information content (AvgIpc) is 2.80. The number of fused-ring (bicyclic) bond motifs is 1. The summed E-state index contributed by atoms with van der Waals surface area (Å²) < 4.78 is 23.6. The minimum atomic E-state index is -3.11. The second-order valence-corrected chi connectivity index (χ2v) is 8.16. The van der Waals surface area contributed by atoms with Crippen LogP contribution >= 0.6 is 0 Å². The quantitative estimate of drug-likeness (QED) is 0.891. The van der Waals surface area contributed by atoms with Crippen molar-refractivity contribution < 1.29 is 18.3 Å². The third-order valence-electron chi connectivity index (χ3n) is 4.48. The molecule has 0 bridgehead atoms. The highest BCUT2D eigenvalue weighted by molar-refractivity contribution is 7.91. The highest BCUT2D eigenvalue weighted by Gasteiger charge is 2.38. The molecule has 2 aliphatic rings. The number of sulfone groups is 1. The van der Waals surface area contributed by atoms with E-state index in [1.165, 1.54) is 11.1 Å². The molecule has 3 rings (SSSR count). The van der Waals surface area contributed by atoms with Crippen LogP contribution in [-0.2, 0) is 27.5 Å². The van der Waals surface area contributed by atoms with Gasteiger partial charge in [0.25, 0.3) is 0 Å². The molecule has 1 aromatic carbocycles. The molecule has 5 nitrogen and oxygen atoms in total. The van der Waals surface area contributed by atoms with Crippen LogP contribution in [0, 0.1) is 0 Å². The Kier molecular flexibility index (Phi) is 3.75. The normalized spacial score (nSPS) is 25.6. The largest absolute Gasteiger partial charge is 0.481 e. The summed E-state index contributed by atoms with van der Waals surface area (Å²) in [5.41, 5.74) is 2.59. The highest BCUT2D eigenvalue weighted by Crippen LogP contribution is 2.29. The zero-order chi connectivity index (χ0) is 15.0. The molecule has 0 spiro atoms. The van der Waals surface area contributed by atoms with Gasteiger partial charge >= 0.3 is 5.97 Å². The Balaban J connectivity index is 1.79. The number of hydrogen-bond acceptors (Lipinski definition) is 4. The van der Waals surface area contributed by atoms with Gasteiger partial charge in [-0.3, -0.25) is 9.69 Å². The van der Waals surface area contributed by atoms with Crippen molar-refractivity contribution in [2.75, 3.05) is 18.1 Å². The maximum atomic E-state index is 11.8. The molecule has 0 aromatic heterocycles. The van der Waals surface area contributed by atoms with Crippen LogP contribution < -0.4 is 0 Å². The van der Waals surface area contributed by atoms with Crippen LogP contribution in [0.5, 0.6) is 0 Å². The van der Waals surface area contributed by atoms with Crippen molar-refractivity contribution in [2.24, 2.45) is 0 Å². The van der Waals surface area contributed by atoms with Gasteiger partial charge in [0, 0.05) is 18.6 Å². The lowest BCUT2D eigenvalue weighted by Gasteiger charge is -2.38. The van der Waals surface area contributed by atoms with Crippen LogP contribution in [0.4, 0.5) is 0 Å². The third kappa shape index (κ3) is 3.11. The minimum Gasteiger partial charge on any atom is -0.481 e. The molecule has 1 atom stereocenters. The van der Waals surface area contributed by atoms with Crippen molar-refractivity contribution in [1.82, 2.24) is 4.90 Å². The Bertz CT molecular complexity index is 630. The standard InChI is InChI=1S/C15H19NO4S/c17-15(18)9-14-10-21(19,20)6-5-16(14)13-7-11-3-1-2-4-12(11)8-13/h1-4,13-14H,5-10H2,(H,17,18). The number of nitrogens with zero attached hydrogens (tertiary/aromatic N) is 1. The van der Waals surface area contributed by atoms with Crippen LogP contribution in [0.15, 0.2) is 24.3 Å². The van der Waals surface area contributed by atoms with E-state index in [9.17, 15) is 13.2 Å². The minimum absolute atomic E-state index is 0.0356. The van der Waals surface area contributed by atoms with Crippen LogP contribution in [0.2, 0.25) is 0 Å². The molecule has 1 aromatic rings. The molecule has 21 heavy (non-hydrogen) atoms. The Labute approximate surface area is 124 Å². The number of benzene rings is 1. The van der Waals surface area contributed by atoms with E-state index in [0.717, 1.165) is 12.8 Å². The van der Waals surface area contributed by atoms with Gasteiger partial charge in [-0.05, 0) is 24.0 Å². The maximum absolute atomic E-state index is 11.8. The van der Waals surface area contributed by atoms with Gasteiger partial charge in [0.15, 0.2) is 9.84 Å². The maximum Gasteiger partial charge on any atom is 0.304 e. The van der Waals surface area contributed by atoms with Crippen molar-refractivity contribution in [3.63, 3.8) is 0 Å². The first-order valence-corrected chi connectivity index (χ1v) is 9.01. The fraction of sp³-hybridized carbons (Fsp3) is 0.533. The van der Waals surface area contributed by atoms with Gasteiger partial charge in [0.2, 0.25) is 0 Å². The van der Waals surface area contributed by atoms with E-state index in [0.29, 0.717) is 6.54 Å². The summed E-state index contributed by atoms with van der Waals surface area (Å²) in [7, 11) is -3.11. The summed E-state index contributed by atoms with van der Waals surface area (Å²) >= 11 is 0. The van der Waals surface area contributed by atoms with Crippen LogP contribution in [0.3, 0.4) is 0 Å². The van der Waals surface area contributed by atoms with Gasteiger partial charge < -0.3 is 5.11 Å². The Morgan fingerprint density at radius 2 is 1.86 bits per heavy atom. The van der Waals surface area contributed by atoms with E-state index in [1.54, 1.807) is 0 Å². The van der Waals surface area contributed by atoms with Crippen LogP contribution in [0.1, 0.15) is 17.5 Å². The molecule has 1 aliphatic carbocycles. The lowest BCUT2D eigenvalue weighted by Crippen LogP contribution is -2.54. The summed E-state index contributed by atoms with van der Waals surface area (Å²) in [6.07, 6.45) is 1.66. The molecule has 1 N–H and O–H groups in total. The van der Waals surface area contributed by atoms with E-state index in [1.807, 2.05) is 12.1 Å². The number of aliphatic carboxylic acids is 1. The van der Waals surface area contributed by atoms with Gasteiger partial charge in [-0.25, -0.2) is 8.42 Å². The van der Waals surface area contributed by atoms with Gasteiger partial charge in [-0.1, -0.05) is 24.3 Å². The van der Waals surface area contributed by atoms with Crippen LogP contribution in [-0.4, -0.2) is 54.5 Å². The van der Waals surface area contributed by atoms with Crippen LogP contribution in [0.25, 0.3) is 0 Å². The zero-order valence-electron chi connectivity index (χ0n) is 11.7. The zero-order valence-corrected chi connectivity index (χ0v) is 12.6. The first kappa shape index (κ1) is 14.5. The number of carboxylic acids is 1. The van der Waals surface area contributed by atoms with E-state index < -0.39 is 21.8 Å². The van der Waals surface area contributed by atoms with E-state index >= 15 is 0 Å². The molecular weight excluding hydrogens is 290 g/mol. The molecular formula is C15H19NO4S. The Hall–Kier alpha value is -1.40. The summed E-state index contributed by atoms with van der Waals surface area (Å²) in [5, 5.41) is 9.05. The summed E-state index contributed by atoms with van der Waals surface area (Å²) in [6, 6.07) is 8.04. The molecule has 114 valence electrons. The molecule has 1 saturated heterocycles. The monoisotopic (exact) mass is 309 g/mol. The summed E-state index contributed by atoms with van der Waals surface area (Å²) in [6.45, 7) is 0.443. The lowest BCUT2D eigenvalue weighted by molar-refractivity contribution is -0.138. The molecule has 1 heterocycles. The second kappa shape index (κ2) is 5.42. The number of carbonyl (C=O) groups is 1. The van der Waals surface area contributed by atoms with Crippen molar-refractivity contribution >= 4 is 15.8 Å². The highest BCUT2D eigenvalue weighted by atomic mass is 32.2. The van der Waals surface area contributed by atoms with Gasteiger partial charge in [-0.15, -0.1) is 0 Å². The number of carboxylic acid groups (broad SMARTS) is 1. The van der Waals surface area contributed by atoms with Gasteiger partial charge in [0.1, 0.15) is 0 Å². The molecule has 0 radical (unpaired) electrons. The molecule has 1 fully saturated rings. The first-order valence-electron chi connectivity index (χ1n) is 7.19.